The molecule has 6 nitrogen and oxygen atoms in total. The van der Waals surface area contributed by atoms with E-state index in [1.165, 1.54) is 0 Å². The molecule has 0 aliphatic rings. The van der Waals surface area contributed by atoms with Gasteiger partial charge in [0.25, 0.3) is 0 Å². The van der Waals surface area contributed by atoms with Crippen LogP contribution in [0.5, 0.6) is 0 Å². The second-order valence-corrected chi connectivity index (χ2v) is 4.48. The molecular weight excluding hydrogens is 248 g/mol. The number of carboxylic acids is 1. The van der Waals surface area contributed by atoms with Crippen molar-refractivity contribution in [1.82, 2.24) is 10.2 Å². The lowest BCUT2D eigenvalue weighted by atomic mass is 10.2. The van der Waals surface area contributed by atoms with Crippen LogP contribution in [0, 0.1) is 0 Å². The summed E-state index contributed by atoms with van der Waals surface area (Å²) in [6, 6.07) is -0.528. The number of hydrogen-bond acceptors (Lipinski definition) is 5. The maximum absolute atomic E-state index is 11.2. The van der Waals surface area contributed by atoms with E-state index >= 15 is 0 Å². The van der Waals surface area contributed by atoms with Gasteiger partial charge < -0.3 is 19.9 Å². The minimum absolute atomic E-state index is 0.488. The third-order valence-corrected chi connectivity index (χ3v) is 2.81. The van der Waals surface area contributed by atoms with Gasteiger partial charge in [-0.15, -0.1) is 0 Å². The van der Waals surface area contributed by atoms with Gasteiger partial charge in [0.15, 0.2) is 0 Å². The van der Waals surface area contributed by atoms with Crippen LogP contribution in [-0.2, 0) is 14.3 Å². The van der Waals surface area contributed by atoms with Crippen molar-refractivity contribution >= 4 is 5.97 Å². The van der Waals surface area contributed by atoms with Crippen molar-refractivity contribution in [2.45, 2.75) is 25.8 Å². The number of nitrogens with one attached hydrogen (secondary N) is 1. The molecule has 1 atom stereocenters. The SMILES string of the molecule is CCCNC(CN(CCCOC)CCOC)C(=O)O. The smallest absolute Gasteiger partial charge is 0.322 e. The van der Waals surface area contributed by atoms with E-state index in [-0.39, 0.29) is 0 Å². The van der Waals surface area contributed by atoms with Gasteiger partial charge in [0, 0.05) is 40.5 Å². The van der Waals surface area contributed by atoms with Crippen LogP contribution in [-0.4, -0.2) is 75.6 Å². The molecule has 0 aliphatic carbocycles. The van der Waals surface area contributed by atoms with E-state index < -0.39 is 12.0 Å². The number of rotatable bonds is 13. The lowest BCUT2D eigenvalue weighted by Gasteiger charge is -2.25. The zero-order valence-electron chi connectivity index (χ0n) is 12.4. The molecule has 114 valence electrons. The second kappa shape index (κ2) is 12.3. The Labute approximate surface area is 116 Å². The van der Waals surface area contributed by atoms with Crippen molar-refractivity contribution < 1.29 is 19.4 Å². The summed E-state index contributed by atoms with van der Waals surface area (Å²) in [4.78, 5) is 13.3. The summed E-state index contributed by atoms with van der Waals surface area (Å²) in [5.41, 5.74) is 0. The monoisotopic (exact) mass is 276 g/mol. The standard InChI is InChI=1S/C13H28N2O4/c1-4-6-14-12(13(16)17)11-15(8-10-19-3)7-5-9-18-2/h12,14H,4-11H2,1-3H3,(H,16,17). The molecule has 0 aromatic heterocycles. The molecule has 19 heavy (non-hydrogen) atoms. The summed E-state index contributed by atoms with van der Waals surface area (Å²) in [6.07, 6.45) is 1.81. The molecule has 2 N–H and O–H groups in total. The molecule has 0 radical (unpaired) electrons. The van der Waals surface area contributed by atoms with Gasteiger partial charge in [0.2, 0.25) is 0 Å². The van der Waals surface area contributed by atoms with Crippen molar-refractivity contribution in [3.05, 3.63) is 0 Å². The highest BCUT2D eigenvalue weighted by Crippen LogP contribution is 1.97. The molecule has 0 aromatic rings. The Balaban J connectivity index is 4.24. The number of hydrogen-bond donors (Lipinski definition) is 2. The Morgan fingerprint density at radius 1 is 1.26 bits per heavy atom. The first-order chi connectivity index (χ1) is 9.15. The van der Waals surface area contributed by atoms with E-state index in [0.29, 0.717) is 26.3 Å². The molecule has 0 heterocycles. The van der Waals surface area contributed by atoms with Crippen LogP contribution >= 0.6 is 0 Å². The first-order valence-corrected chi connectivity index (χ1v) is 6.82. The first-order valence-electron chi connectivity index (χ1n) is 6.82. The van der Waals surface area contributed by atoms with Gasteiger partial charge in [0.1, 0.15) is 6.04 Å². The van der Waals surface area contributed by atoms with Crippen LogP contribution in [0.3, 0.4) is 0 Å². The lowest BCUT2D eigenvalue weighted by Crippen LogP contribution is -2.47. The van der Waals surface area contributed by atoms with Crippen molar-refractivity contribution in [2.75, 3.05) is 53.6 Å². The molecule has 0 saturated heterocycles. The zero-order chi connectivity index (χ0) is 14.5. The van der Waals surface area contributed by atoms with Crippen molar-refractivity contribution in [3.63, 3.8) is 0 Å². The van der Waals surface area contributed by atoms with Gasteiger partial charge in [-0.2, -0.15) is 0 Å². The fraction of sp³-hybridized carbons (Fsp3) is 0.923. The van der Waals surface area contributed by atoms with E-state index in [2.05, 4.69) is 10.2 Å². The molecule has 1 unspecified atom stereocenters. The predicted octanol–water partition coefficient (Wildman–Crippen LogP) is 0.424. The molecule has 0 saturated carbocycles. The molecule has 0 bridgehead atoms. The molecule has 0 amide bonds. The maximum Gasteiger partial charge on any atom is 0.322 e. The average molecular weight is 276 g/mol. The third kappa shape index (κ3) is 9.84. The quantitative estimate of drug-likeness (QED) is 0.475. The number of nitrogens with zero attached hydrogens (tertiary/aromatic N) is 1. The topological polar surface area (TPSA) is 71.0 Å². The number of ether oxygens (including phenoxy) is 2. The maximum atomic E-state index is 11.2. The van der Waals surface area contributed by atoms with Gasteiger partial charge in [-0.25, -0.2) is 0 Å². The summed E-state index contributed by atoms with van der Waals surface area (Å²) in [5, 5.41) is 12.3. The summed E-state index contributed by atoms with van der Waals surface area (Å²) in [7, 11) is 3.32. The van der Waals surface area contributed by atoms with Crippen LogP contribution in [0.4, 0.5) is 0 Å². The number of methoxy groups -OCH3 is 2. The van der Waals surface area contributed by atoms with Crippen molar-refractivity contribution in [2.24, 2.45) is 0 Å². The number of aliphatic carboxylic acids is 1. The largest absolute Gasteiger partial charge is 0.480 e. The first kappa shape index (κ1) is 18.3. The van der Waals surface area contributed by atoms with Gasteiger partial charge in [-0.05, 0) is 19.4 Å². The van der Waals surface area contributed by atoms with Crippen molar-refractivity contribution in [1.29, 1.82) is 0 Å². The van der Waals surface area contributed by atoms with Crippen LogP contribution in [0.25, 0.3) is 0 Å². The summed E-state index contributed by atoms with van der Waals surface area (Å²) >= 11 is 0. The Kier molecular flexibility index (Phi) is 11.9. The van der Waals surface area contributed by atoms with Gasteiger partial charge in [-0.1, -0.05) is 6.92 Å². The number of carbonyl (C=O) groups is 1. The minimum Gasteiger partial charge on any atom is -0.480 e. The Hall–Kier alpha value is -0.690. The Morgan fingerprint density at radius 3 is 2.47 bits per heavy atom. The van der Waals surface area contributed by atoms with Crippen molar-refractivity contribution in [3.8, 4) is 0 Å². The van der Waals surface area contributed by atoms with E-state index in [4.69, 9.17) is 9.47 Å². The lowest BCUT2D eigenvalue weighted by molar-refractivity contribution is -0.140. The highest BCUT2D eigenvalue weighted by atomic mass is 16.5. The molecule has 0 spiro atoms. The molecule has 0 fully saturated rings. The molecule has 6 heteroatoms. The summed E-state index contributed by atoms with van der Waals surface area (Å²) in [5.74, 6) is -0.803. The summed E-state index contributed by atoms with van der Waals surface area (Å²) in [6.45, 7) is 6.06. The van der Waals surface area contributed by atoms with Crippen LogP contribution in [0.15, 0.2) is 0 Å². The highest BCUT2D eigenvalue weighted by Gasteiger charge is 2.19. The summed E-state index contributed by atoms with van der Waals surface area (Å²) < 4.78 is 10.1. The van der Waals surface area contributed by atoms with E-state index in [1.54, 1.807) is 14.2 Å². The van der Waals surface area contributed by atoms with Crippen LogP contribution in [0.1, 0.15) is 19.8 Å². The Bertz CT molecular complexity index is 227. The highest BCUT2D eigenvalue weighted by molar-refractivity contribution is 5.73. The van der Waals surface area contributed by atoms with Gasteiger partial charge in [-0.3, -0.25) is 9.69 Å². The van der Waals surface area contributed by atoms with E-state index in [1.807, 2.05) is 6.92 Å². The normalized spacial score (nSPS) is 12.8. The van der Waals surface area contributed by atoms with E-state index in [9.17, 15) is 9.90 Å². The molecular formula is C13H28N2O4. The van der Waals surface area contributed by atoms with Gasteiger partial charge in [0.05, 0.1) is 6.61 Å². The molecule has 0 rings (SSSR count). The molecule has 0 aliphatic heterocycles. The van der Waals surface area contributed by atoms with Gasteiger partial charge >= 0.3 is 5.97 Å². The average Bonchev–Trinajstić information content (AvgIpc) is 2.39. The third-order valence-electron chi connectivity index (χ3n) is 2.81. The zero-order valence-corrected chi connectivity index (χ0v) is 12.4. The van der Waals surface area contributed by atoms with E-state index in [0.717, 1.165) is 25.9 Å². The van der Waals surface area contributed by atoms with Crippen LogP contribution < -0.4 is 5.32 Å². The Morgan fingerprint density at radius 2 is 1.95 bits per heavy atom. The number of carboxylic acid groups (broad SMARTS) is 1. The van der Waals surface area contributed by atoms with Crippen LogP contribution in [0.2, 0.25) is 0 Å². The fourth-order valence-electron chi connectivity index (χ4n) is 1.75. The second-order valence-electron chi connectivity index (χ2n) is 4.48. The molecule has 0 aromatic carbocycles. The fourth-order valence-corrected chi connectivity index (χ4v) is 1.75. The minimum atomic E-state index is -0.803. The predicted molar refractivity (Wildman–Crippen MR) is 74.5 cm³/mol.